The molecule has 1 amide bonds. The van der Waals surface area contributed by atoms with Crippen LogP contribution in [-0.2, 0) is 4.74 Å². The maximum Gasteiger partial charge on any atom is 0.410 e. The number of rotatable bonds is 3. The lowest BCUT2D eigenvalue weighted by Gasteiger charge is -2.46. The van der Waals surface area contributed by atoms with Crippen molar-refractivity contribution in [3.05, 3.63) is 0 Å². The zero-order valence-electron chi connectivity index (χ0n) is 11.1. The predicted molar refractivity (Wildman–Crippen MR) is 65.5 cm³/mol. The largest absolute Gasteiger partial charge is 0.447 e. The van der Waals surface area contributed by atoms with Crippen LogP contribution in [0, 0.1) is 0 Å². The first-order valence-corrected chi connectivity index (χ1v) is 6.54. The molecule has 3 nitrogen and oxygen atoms in total. The van der Waals surface area contributed by atoms with E-state index in [0.29, 0.717) is 0 Å². The second kappa shape index (κ2) is 5.55. The number of amides is 1. The third-order valence-electron chi connectivity index (χ3n) is 3.72. The summed E-state index contributed by atoms with van der Waals surface area (Å²) in [7, 11) is 0. The molecular weight excluding hydrogens is 202 g/mol. The van der Waals surface area contributed by atoms with Gasteiger partial charge in [-0.3, -0.25) is 0 Å². The van der Waals surface area contributed by atoms with Gasteiger partial charge in [-0.2, -0.15) is 0 Å². The molecule has 0 atom stereocenters. The molecule has 1 fully saturated rings. The van der Waals surface area contributed by atoms with Gasteiger partial charge >= 0.3 is 6.09 Å². The fraction of sp³-hybridized carbons (Fsp3) is 0.923. The lowest BCUT2D eigenvalue weighted by Crippen LogP contribution is -2.54. The van der Waals surface area contributed by atoms with E-state index in [1.807, 2.05) is 18.7 Å². The van der Waals surface area contributed by atoms with E-state index in [9.17, 15) is 4.79 Å². The minimum absolute atomic E-state index is 0.0270. The summed E-state index contributed by atoms with van der Waals surface area (Å²) in [5.41, 5.74) is 0.0459. The van der Waals surface area contributed by atoms with Crippen molar-refractivity contribution in [3.8, 4) is 0 Å². The Hall–Kier alpha value is -0.730. The summed E-state index contributed by atoms with van der Waals surface area (Å²) >= 11 is 0. The first-order valence-electron chi connectivity index (χ1n) is 6.54. The van der Waals surface area contributed by atoms with Crippen LogP contribution in [0.15, 0.2) is 0 Å². The third kappa shape index (κ3) is 2.69. The lowest BCUT2D eigenvalue weighted by molar-refractivity contribution is 0.00988. The van der Waals surface area contributed by atoms with Crippen LogP contribution < -0.4 is 0 Å². The Morgan fingerprint density at radius 3 is 2.44 bits per heavy atom. The maximum absolute atomic E-state index is 12.0. The molecule has 3 heteroatoms. The Labute approximate surface area is 99.1 Å². The van der Waals surface area contributed by atoms with Gasteiger partial charge in [-0.15, -0.1) is 0 Å². The second-order valence-electron chi connectivity index (χ2n) is 4.97. The molecule has 0 radical (unpaired) electrons. The summed E-state index contributed by atoms with van der Waals surface area (Å²) in [4.78, 5) is 14.0. The lowest BCUT2D eigenvalue weighted by atomic mass is 9.82. The van der Waals surface area contributed by atoms with Crippen LogP contribution in [0.1, 0.15) is 59.8 Å². The van der Waals surface area contributed by atoms with Gasteiger partial charge in [0.05, 0.1) is 6.10 Å². The number of hydrogen-bond donors (Lipinski definition) is 0. The Bertz CT molecular complexity index is 234. The molecule has 1 aliphatic rings. The van der Waals surface area contributed by atoms with Gasteiger partial charge in [0, 0.05) is 12.1 Å². The molecule has 0 aromatic heterocycles. The van der Waals surface area contributed by atoms with Crippen molar-refractivity contribution in [1.82, 2.24) is 4.90 Å². The molecule has 16 heavy (non-hydrogen) atoms. The number of likely N-dealkylation sites (tertiary alicyclic amines) is 1. The fourth-order valence-corrected chi connectivity index (χ4v) is 2.63. The summed E-state index contributed by atoms with van der Waals surface area (Å²) in [6, 6.07) is 0. The van der Waals surface area contributed by atoms with Crippen molar-refractivity contribution >= 4 is 6.09 Å². The minimum atomic E-state index is -0.126. The van der Waals surface area contributed by atoms with Gasteiger partial charge in [0.2, 0.25) is 0 Å². The molecular formula is C13H25NO2. The summed E-state index contributed by atoms with van der Waals surface area (Å²) in [5.74, 6) is 0. The Morgan fingerprint density at radius 1 is 1.31 bits per heavy atom. The summed E-state index contributed by atoms with van der Waals surface area (Å²) in [5, 5.41) is 0. The van der Waals surface area contributed by atoms with Crippen molar-refractivity contribution in [3.63, 3.8) is 0 Å². The number of piperidine rings is 1. The highest BCUT2D eigenvalue weighted by Crippen LogP contribution is 2.34. The number of carbonyl (C=O) groups excluding carboxylic acids is 1. The average Bonchev–Trinajstić information content (AvgIpc) is 2.28. The van der Waals surface area contributed by atoms with Gasteiger partial charge in [-0.25, -0.2) is 4.79 Å². The van der Waals surface area contributed by atoms with Crippen LogP contribution >= 0.6 is 0 Å². The number of ether oxygens (including phenoxy) is 1. The van der Waals surface area contributed by atoms with Crippen LogP contribution in [0.25, 0.3) is 0 Å². The number of hydrogen-bond acceptors (Lipinski definition) is 2. The van der Waals surface area contributed by atoms with Crippen molar-refractivity contribution in [1.29, 1.82) is 0 Å². The van der Waals surface area contributed by atoms with Crippen molar-refractivity contribution in [2.75, 3.05) is 6.54 Å². The normalized spacial score (nSPS) is 19.9. The van der Waals surface area contributed by atoms with E-state index in [1.54, 1.807) is 0 Å². The first kappa shape index (κ1) is 13.3. The van der Waals surface area contributed by atoms with Gasteiger partial charge < -0.3 is 9.64 Å². The first-order chi connectivity index (χ1) is 7.55. The van der Waals surface area contributed by atoms with Crippen LogP contribution in [0.2, 0.25) is 0 Å². The number of nitrogens with zero attached hydrogens (tertiary/aromatic N) is 1. The molecule has 0 saturated carbocycles. The van der Waals surface area contributed by atoms with E-state index in [1.165, 1.54) is 6.42 Å². The molecule has 0 aromatic rings. The Balaban J connectivity index is 2.77. The smallest absolute Gasteiger partial charge is 0.410 e. The van der Waals surface area contributed by atoms with Gasteiger partial charge in [0.15, 0.2) is 0 Å². The topological polar surface area (TPSA) is 29.5 Å². The van der Waals surface area contributed by atoms with Gasteiger partial charge in [-0.1, -0.05) is 13.8 Å². The highest BCUT2D eigenvalue weighted by molar-refractivity contribution is 5.69. The molecule has 0 N–H and O–H groups in total. The zero-order chi connectivity index (χ0) is 12.2. The van der Waals surface area contributed by atoms with Crippen molar-refractivity contribution < 1.29 is 9.53 Å². The fourth-order valence-electron chi connectivity index (χ4n) is 2.63. The van der Waals surface area contributed by atoms with E-state index in [4.69, 9.17) is 4.74 Å². The molecule has 1 saturated heterocycles. The molecule has 1 aliphatic heterocycles. The molecule has 0 unspecified atom stereocenters. The monoisotopic (exact) mass is 227 g/mol. The van der Waals surface area contributed by atoms with E-state index >= 15 is 0 Å². The van der Waals surface area contributed by atoms with Crippen molar-refractivity contribution in [2.45, 2.75) is 71.4 Å². The van der Waals surface area contributed by atoms with Crippen LogP contribution in [-0.4, -0.2) is 29.2 Å². The third-order valence-corrected chi connectivity index (χ3v) is 3.72. The Morgan fingerprint density at radius 2 is 1.94 bits per heavy atom. The van der Waals surface area contributed by atoms with Crippen LogP contribution in [0.5, 0.6) is 0 Å². The predicted octanol–water partition coefficient (Wildman–Crippen LogP) is 3.58. The quantitative estimate of drug-likeness (QED) is 0.737. The molecule has 1 rings (SSSR count). The van der Waals surface area contributed by atoms with E-state index in [-0.39, 0.29) is 17.7 Å². The maximum atomic E-state index is 12.0. The average molecular weight is 227 g/mol. The molecule has 0 aromatic carbocycles. The van der Waals surface area contributed by atoms with E-state index in [0.717, 1.165) is 32.2 Å². The standard InChI is InChI=1S/C13H25NO2/c1-5-13(6-2)9-7-8-10-14(13)12(15)16-11(3)4/h11H,5-10H2,1-4H3. The SMILES string of the molecule is CCC1(CC)CCCCN1C(=O)OC(C)C. The number of carbonyl (C=O) groups is 1. The summed E-state index contributed by atoms with van der Waals surface area (Å²) in [6.07, 6.45) is 5.35. The second-order valence-corrected chi connectivity index (χ2v) is 4.97. The van der Waals surface area contributed by atoms with Gasteiger partial charge in [0.25, 0.3) is 0 Å². The van der Waals surface area contributed by atoms with Gasteiger partial charge in [-0.05, 0) is 46.0 Å². The summed E-state index contributed by atoms with van der Waals surface area (Å²) < 4.78 is 5.34. The van der Waals surface area contributed by atoms with Crippen LogP contribution in [0.3, 0.4) is 0 Å². The van der Waals surface area contributed by atoms with Crippen molar-refractivity contribution in [2.24, 2.45) is 0 Å². The summed E-state index contributed by atoms with van der Waals surface area (Å²) in [6.45, 7) is 9.00. The Kier molecular flexibility index (Phi) is 4.63. The molecule has 94 valence electrons. The minimum Gasteiger partial charge on any atom is -0.447 e. The molecule has 0 aliphatic carbocycles. The highest BCUT2D eigenvalue weighted by Gasteiger charge is 2.39. The molecule has 0 spiro atoms. The molecule has 0 bridgehead atoms. The highest BCUT2D eigenvalue weighted by atomic mass is 16.6. The van der Waals surface area contributed by atoms with E-state index < -0.39 is 0 Å². The van der Waals surface area contributed by atoms with Crippen LogP contribution in [0.4, 0.5) is 4.79 Å². The zero-order valence-corrected chi connectivity index (χ0v) is 11.1. The van der Waals surface area contributed by atoms with E-state index in [2.05, 4.69) is 13.8 Å². The molecule has 1 heterocycles. The van der Waals surface area contributed by atoms with Gasteiger partial charge in [0.1, 0.15) is 0 Å².